The van der Waals surface area contributed by atoms with E-state index < -0.39 is 64.1 Å². The molecule has 1 N–H and O–H groups in total. The molecular weight excluding hydrogens is 582 g/mol. The van der Waals surface area contributed by atoms with E-state index in [1.54, 1.807) is 32.9 Å². The molecule has 5 rings (SSSR count). The number of benzene rings is 3. The zero-order valence-corrected chi connectivity index (χ0v) is 26.0. The van der Waals surface area contributed by atoms with Crippen LogP contribution in [0.5, 0.6) is 0 Å². The summed E-state index contributed by atoms with van der Waals surface area (Å²) < 4.78 is 36.3. The number of alkyl carbamates (subject to hydrolysis) is 1. The van der Waals surface area contributed by atoms with Gasteiger partial charge in [0.05, 0.1) is 16.9 Å². The van der Waals surface area contributed by atoms with Crippen LogP contribution in [0.3, 0.4) is 0 Å². The highest BCUT2D eigenvalue weighted by atomic mass is 32.2. The van der Waals surface area contributed by atoms with Gasteiger partial charge in [0.2, 0.25) is 0 Å². The average Bonchev–Trinajstić information content (AvgIpc) is 3.67. The van der Waals surface area contributed by atoms with Crippen molar-refractivity contribution in [3.63, 3.8) is 0 Å². The van der Waals surface area contributed by atoms with Gasteiger partial charge in [0.15, 0.2) is 11.1 Å². The first-order chi connectivity index (χ1) is 21.0. The maximum absolute atomic E-state index is 14.0. The van der Waals surface area contributed by atoms with Crippen molar-refractivity contribution in [3.8, 4) is 0 Å². The third-order valence-electron chi connectivity index (χ3n) is 7.82. The molecule has 10 heteroatoms. The van der Waals surface area contributed by atoms with E-state index >= 15 is 0 Å². The maximum atomic E-state index is 14.0. The summed E-state index contributed by atoms with van der Waals surface area (Å²) >= 11 is -1.89. The molecule has 2 fully saturated rings. The lowest BCUT2D eigenvalue weighted by Gasteiger charge is -2.33. The number of amides is 1. The number of hydrogen-bond donors (Lipinski definition) is 1. The molecule has 0 saturated heterocycles. The number of hydrogen-bond acceptors (Lipinski definition) is 8. The molecule has 2 aliphatic rings. The van der Waals surface area contributed by atoms with E-state index in [1.165, 1.54) is 0 Å². The van der Waals surface area contributed by atoms with E-state index in [0.717, 1.165) is 16.7 Å². The topological polar surface area (TPSA) is 117 Å². The van der Waals surface area contributed by atoms with Gasteiger partial charge in [-0.15, -0.1) is 0 Å². The second-order valence-corrected chi connectivity index (χ2v) is 13.4. The Morgan fingerprint density at radius 2 is 1.43 bits per heavy atom. The molecule has 3 aromatic rings. The van der Waals surface area contributed by atoms with Gasteiger partial charge in [-0.25, -0.2) is 13.8 Å². The number of ether oxygens (including phenoxy) is 3. The van der Waals surface area contributed by atoms with Gasteiger partial charge >= 0.3 is 18.0 Å². The first-order valence-corrected chi connectivity index (χ1v) is 15.6. The average molecular weight is 620 g/mol. The van der Waals surface area contributed by atoms with Crippen molar-refractivity contribution >= 4 is 29.1 Å². The lowest BCUT2D eigenvalue weighted by Crippen LogP contribution is -2.58. The molecule has 0 bridgehead atoms. The second-order valence-electron chi connectivity index (χ2n) is 12.3. The van der Waals surface area contributed by atoms with Crippen LogP contribution >= 0.6 is 0 Å². The highest BCUT2D eigenvalue weighted by Crippen LogP contribution is 2.64. The minimum absolute atomic E-state index is 0.0429. The molecule has 9 nitrogen and oxygen atoms in total. The van der Waals surface area contributed by atoms with E-state index in [-0.39, 0.29) is 19.6 Å². The number of nitrogens with one attached hydrogen (secondary N) is 1. The van der Waals surface area contributed by atoms with Crippen LogP contribution in [-0.4, -0.2) is 39.5 Å². The molecule has 0 aliphatic heterocycles. The number of esters is 2. The Balaban J connectivity index is 1.43. The molecular formula is C34H37NO8S. The van der Waals surface area contributed by atoms with Crippen LogP contribution in [0.25, 0.3) is 0 Å². The first-order valence-electron chi connectivity index (χ1n) is 14.6. The van der Waals surface area contributed by atoms with Crippen LogP contribution < -0.4 is 5.32 Å². The van der Waals surface area contributed by atoms with Crippen LogP contribution in [-0.2, 0) is 52.3 Å². The third-order valence-corrected chi connectivity index (χ3v) is 8.90. The van der Waals surface area contributed by atoms with E-state index in [9.17, 15) is 18.6 Å². The maximum Gasteiger partial charge on any atom is 0.408 e. The number of fused-ring (bicyclic) bond motifs is 1. The summed E-state index contributed by atoms with van der Waals surface area (Å²) in [7, 11) is 0. The summed E-state index contributed by atoms with van der Waals surface area (Å²) in [5.74, 6) is -3.34. The summed E-state index contributed by atoms with van der Waals surface area (Å²) in [5, 5.41) is 2.76. The van der Waals surface area contributed by atoms with Crippen LogP contribution in [0.2, 0.25) is 0 Å². The molecule has 44 heavy (non-hydrogen) atoms. The molecule has 0 spiro atoms. The van der Waals surface area contributed by atoms with Gasteiger partial charge in [-0.05, 0) is 51.0 Å². The van der Waals surface area contributed by atoms with Gasteiger partial charge in [0.25, 0.3) is 0 Å². The predicted octanol–water partition coefficient (Wildman–Crippen LogP) is 5.42. The van der Waals surface area contributed by atoms with Crippen LogP contribution in [0, 0.1) is 24.7 Å². The van der Waals surface area contributed by atoms with Gasteiger partial charge in [-0.2, -0.15) is 0 Å². The Hall–Kier alpha value is -4.02. The Morgan fingerprint density at radius 1 is 0.864 bits per heavy atom. The van der Waals surface area contributed by atoms with E-state index in [2.05, 4.69) is 5.32 Å². The molecule has 2 saturated carbocycles. The van der Waals surface area contributed by atoms with E-state index in [1.807, 2.05) is 79.7 Å². The van der Waals surface area contributed by atoms with Crippen LogP contribution in [0.15, 0.2) is 89.8 Å². The van der Waals surface area contributed by atoms with Gasteiger partial charge in [0, 0.05) is 18.3 Å². The standard InChI is InChI=1S/C34H37NO8S/c1-22-15-17-25(18-16-22)44(39)43-26-19-34(35-32(38)42-33(2,3)4,31(37)41-21-24-13-9-6-10-14-24)29-27(26)28(29)30(36)40-20-23-11-7-5-8-12-23/h5-18,26-29H,19-21H2,1-4H3,(H,35,38). The quantitative estimate of drug-likeness (QED) is 0.236. The van der Waals surface area contributed by atoms with Crippen molar-refractivity contribution in [2.24, 2.45) is 17.8 Å². The molecule has 6 unspecified atom stereocenters. The zero-order valence-electron chi connectivity index (χ0n) is 25.2. The van der Waals surface area contributed by atoms with E-state index in [0.29, 0.717) is 4.90 Å². The fourth-order valence-electron chi connectivity index (χ4n) is 5.81. The van der Waals surface area contributed by atoms with Gasteiger partial charge in [-0.1, -0.05) is 78.4 Å². The SMILES string of the molecule is Cc1ccc(S(=O)OC2CC(NC(=O)OC(C)(C)C)(C(=O)OCc3ccccc3)C3C(C(=O)OCc4ccccc4)C23)cc1. The molecule has 0 heterocycles. The molecule has 3 aromatic carbocycles. The van der Waals surface area contributed by atoms with Crippen molar-refractivity contribution in [3.05, 3.63) is 102 Å². The summed E-state index contributed by atoms with van der Waals surface area (Å²) in [5.41, 5.74) is 0.0285. The van der Waals surface area contributed by atoms with Crippen molar-refractivity contribution in [2.45, 2.75) is 69.5 Å². The number of carbonyl (C=O) groups is 3. The van der Waals surface area contributed by atoms with Gasteiger partial charge in [0.1, 0.15) is 24.4 Å². The van der Waals surface area contributed by atoms with Crippen molar-refractivity contribution in [1.82, 2.24) is 5.32 Å². The number of rotatable bonds is 10. The molecule has 6 atom stereocenters. The molecule has 0 radical (unpaired) electrons. The van der Waals surface area contributed by atoms with Gasteiger partial charge in [-0.3, -0.25) is 8.98 Å². The number of aryl methyl sites for hydroxylation is 1. The van der Waals surface area contributed by atoms with Crippen molar-refractivity contribution in [2.75, 3.05) is 0 Å². The summed E-state index contributed by atoms with van der Waals surface area (Å²) in [6.45, 7) is 7.05. The monoisotopic (exact) mass is 619 g/mol. The molecule has 1 amide bonds. The van der Waals surface area contributed by atoms with E-state index in [4.69, 9.17) is 18.4 Å². The van der Waals surface area contributed by atoms with Crippen molar-refractivity contribution < 1.29 is 37.0 Å². The molecule has 232 valence electrons. The Morgan fingerprint density at radius 3 is 2.00 bits per heavy atom. The molecule has 2 aliphatic carbocycles. The largest absolute Gasteiger partial charge is 0.461 e. The number of carbonyl (C=O) groups excluding carboxylic acids is 3. The minimum Gasteiger partial charge on any atom is -0.461 e. The van der Waals surface area contributed by atoms with Gasteiger partial charge < -0.3 is 19.5 Å². The Bertz CT molecular complexity index is 1510. The lowest BCUT2D eigenvalue weighted by molar-refractivity contribution is -0.156. The summed E-state index contributed by atoms with van der Waals surface area (Å²) in [6, 6.07) is 25.4. The zero-order chi connectivity index (χ0) is 31.5. The summed E-state index contributed by atoms with van der Waals surface area (Å²) in [4.78, 5) is 41.1. The smallest absolute Gasteiger partial charge is 0.408 e. The Labute approximate surface area is 259 Å². The van der Waals surface area contributed by atoms with Crippen LogP contribution in [0.1, 0.15) is 43.9 Å². The fraction of sp³-hybridized carbons (Fsp3) is 0.382. The normalized spacial score (nSPS) is 24.5. The highest BCUT2D eigenvalue weighted by Gasteiger charge is 2.77. The van der Waals surface area contributed by atoms with Crippen molar-refractivity contribution in [1.29, 1.82) is 0 Å². The first kappa shape index (κ1) is 31.4. The summed E-state index contributed by atoms with van der Waals surface area (Å²) in [6.07, 6.45) is -1.72. The Kier molecular flexibility index (Phi) is 9.22. The second kappa shape index (κ2) is 12.9. The van der Waals surface area contributed by atoms with Crippen LogP contribution in [0.4, 0.5) is 4.79 Å². The predicted molar refractivity (Wildman–Crippen MR) is 162 cm³/mol. The highest BCUT2D eigenvalue weighted by molar-refractivity contribution is 7.80. The molecule has 0 aromatic heterocycles. The lowest BCUT2D eigenvalue weighted by atomic mass is 9.89. The minimum atomic E-state index is -1.89. The third kappa shape index (κ3) is 7.19. The fourth-order valence-corrected chi connectivity index (χ4v) is 6.70.